The standard InChI is InChI=1S/C19H21N3O5/c1-12-9-17(21-27-12)20-19(24)14-3-2-6-22(14)18(23)11-13-4-5-15-16(10-13)26-8-7-25-15/h4-5,9-10,14H,2-3,6-8,11H2,1H3,(H,20,21,24). The maximum absolute atomic E-state index is 12.8. The molecule has 1 aromatic heterocycles. The van der Waals surface area contributed by atoms with Crippen LogP contribution in [0.5, 0.6) is 11.5 Å². The van der Waals surface area contributed by atoms with Crippen LogP contribution < -0.4 is 14.8 Å². The summed E-state index contributed by atoms with van der Waals surface area (Å²) in [7, 11) is 0. The summed E-state index contributed by atoms with van der Waals surface area (Å²) in [5.74, 6) is 2.01. The van der Waals surface area contributed by atoms with Gasteiger partial charge in [-0.25, -0.2) is 0 Å². The van der Waals surface area contributed by atoms with E-state index in [0.29, 0.717) is 49.3 Å². The third-order valence-electron chi connectivity index (χ3n) is 4.72. The molecule has 0 aliphatic carbocycles. The number of carbonyl (C=O) groups excluding carboxylic acids is 2. The van der Waals surface area contributed by atoms with Gasteiger partial charge in [-0.3, -0.25) is 9.59 Å². The van der Waals surface area contributed by atoms with E-state index in [1.54, 1.807) is 17.9 Å². The molecule has 8 nitrogen and oxygen atoms in total. The Kier molecular flexibility index (Phi) is 4.70. The number of rotatable bonds is 4. The van der Waals surface area contributed by atoms with E-state index in [1.165, 1.54) is 0 Å². The van der Waals surface area contributed by atoms with E-state index in [4.69, 9.17) is 14.0 Å². The molecule has 2 amide bonds. The molecule has 4 rings (SSSR count). The quantitative estimate of drug-likeness (QED) is 0.883. The van der Waals surface area contributed by atoms with Crippen molar-refractivity contribution in [1.82, 2.24) is 10.1 Å². The number of nitrogens with one attached hydrogen (secondary N) is 1. The highest BCUT2D eigenvalue weighted by Crippen LogP contribution is 2.31. The maximum atomic E-state index is 12.8. The van der Waals surface area contributed by atoms with Crippen molar-refractivity contribution >= 4 is 17.6 Å². The van der Waals surface area contributed by atoms with Crippen molar-refractivity contribution in [3.8, 4) is 11.5 Å². The Morgan fingerprint density at radius 1 is 1.22 bits per heavy atom. The van der Waals surface area contributed by atoms with Crippen molar-refractivity contribution in [2.24, 2.45) is 0 Å². The fourth-order valence-electron chi connectivity index (χ4n) is 3.45. The lowest BCUT2D eigenvalue weighted by Crippen LogP contribution is -2.43. The summed E-state index contributed by atoms with van der Waals surface area (Å²) >= 11 is 0. The van der Waals surface area contributed by atoms with Crippen LogP contribution >= 0.6 is 0 Å². The highest BCUT2D eigenvalue weighted by atomic mass is 16.6. The predicted molar refractivity (Wildman–Crippen MR) is 95.7 cm³/mol. The van der Waals surface area contributed by atoms with Gasteiger partial charge in [0.2, 0.25) is 11.8 Å². The molecule has 1 N–H and O–H groups in total. The average molecular weight is 371 g/mol. The molecule has 2 aromatic rings. The second-order valence-electron chi connectivity index (χ2n) is 6.71. The van der Waals surface area contributed by atoms with Gasteiger partial charge < -0.3 is 24.2 Å². The minimum atomic E-state index is -0.494. The van der Waals surface area contributed by atoms with Crippen LogP contribution in [0.2, 0.25) is 0 Å². The highest BCUT2D eigenvalue weighted by Gasteiger charge is 2.34. The lowest BCUT2D eigenvalue weighted by molar-refractivity contribution is -0.136. The number of carbonyl (C=O) groups is 2. The molecule has 27 heavy (non-hydrogen) atoms. The van der Waals surface area contributed by atoms with E-state index in [9.17, 15) is 9.59 Å². The van der Waals surface area contributed by atoms with E-state index < -0.39 is 6.04 Å². The van der Waals surface area contributed by atoms with Crippen LogP contribution in [0.25, 0.3) is 0 Å². The number of aryl methyl sites for hydroxylation is 1. The smallest absolute Gasteiger partial charge is 0.248 e. The second kappa shape index (κ2) is 7.30. The number of hydrogen-bond donors (Lipinski definition) is 1. The number of nitrogens with zero attached hydrogens (tertiary/aromatic N) is 2. The zero-order chi connectivity index (χ0) is 18.8. The van der Waals surface area contributed by atoms with Gasteiger partial charge in [-0.2, -0.15) is 0 Å². The van der Waals surface area contributed by atoms with Crippen LogP contribution in [0.3, 0.4) is 0 Å². The molecule has 8 heteroatoms. The Bertz CT molecular complexity index is 863. The summed E-state index contributed by atoms with van der Waals surface area (Å²) in [5.41, 5.74) is 0.836. The fourth-order valence-corrected chi connectivity index (χ4v) is 3.45. The number of anilines is 1. The Labute approximate surface area is 156 Å². The molecular formula is C19H21N3O5. The zero-order valence-corrected chi connectivity index (χ0v) is 15.1. The number of fused-ring (bicyclic) bond motifs is 1. The molecule has 2 aliphatic heterocycles. The van der Waals surface area contributed by atoms with Crippen molar-refractivity contribution in [3.63, 3.8) is 0 Å². The predicted octanol–water partition coefficient (Wildman–Crippen LogP) is 1.93. The molecule has 2 aliphatic rings. The lowest BCUT2D eigenvalue weighted by Gasteiger charge is -2.24. The number of hydrogen-bond acceptors (Lipinski definition) is 6. The zero-order valence-electron chi connectivity index (χ0n) is 15.1. The molecule has 0 radical (unpaired) electrons. The van der Waals surface area contributed by atoms with Crippen LogP contribution in [-0.4, -0.2) is 47.7 Å². The molecule has 1 unspecified atom stereocenters. The van der Waals surface area contributed by atoms with E-state index in [1.807, 2.05) is 18.2 Å². The summed E-state index contributed by atoms with van der Waals surface area (Å²) in [4.78, 5) is 27.0. The third kappa shape index (κ3) is 3.74. The van der Waals surface area contributed by atoms with Gasteiger partial charge >= 0.3 is 0 Å². The van der Waals surface area contributed by atoms with Crippen LogP contribution in [0.15, 0.2) is 28.8 Å². The first-order valence-electron chi connectivity index (χ1n) is 9.02. The molecule has 1 atom stereocenters. The Hall–Kier alpha value is -3.03. The first-order chi connectivity index (χ1) is 13.1. The van der Waals surface area contributed by atoms with Crippen molar-refractivity contribution < 1.29 is 23.6 Å². The summed E-state index contributed by atoms with van der Waals surface area (Å²) in [6.45, 7) is 3.35. The van der Waals surface area contributed by atoms with Crippen molar-refractivity contribution in [2.75, 3.05) is 25.1 Å². The van der Waals surface area contributed by atoms with E-state index in [0.717, 1.165) is 12.0 Å². The summed E-state index contributed by atoms with van der Waals surface area (Å²) in [5, 5.41) is 6.49. The largest absolute Gasteiger partial charge is 0.486 e. The van der Waals surface area contributed by atoms with Crippen LogP contribution in [0.1, 0.15) is 24.2 Å². The Balaban J connectivity index is 1.42. The van der Waals surface area contributed by atoms with E-state index in [-0.39, 0.29) is 18.2 Å². The summed E-state index contributed by atoms with van der Waals surface area (Å²) in [6.07, 6.45) is 1.64. The monoisotopic (exact) mass is 371 g/mol. The van der Waals surface area contributed by atoms with E-state index >= 15 is 0 Å². The van der Waals surface area contributed by atoms with Crippen molar-refractivity contribution in [1.29, 1.82) is 0 Å². The second-order valence-corrected chi connectivity index (χ2v) is 6.71. The highest BCUT2D eigenvalue weighted by molar-refractivity contribution is 5.97. The van der Waals surface area contributed by atoms with Gasteiger partial charge in [0.1, 0.15) is 25.0 Å². The number of likely N-dealkylation sites (tertiary alicyclic amines) is 1. The summed E-state index contributed by atoms with van der Waals surface area (Å²) < 4.78 is 16.0. The van der Waals surface area contributed by atoms with Crippen LogP contribution in [0.4, 0.5) is 5.82 Å². The first kappa shape index (κ1) is 17.4. The average Bonchev–Trinajstić information content (AvgIpc) is 3.31. The Morgan fingerprint density at radius 2 is 2.04 bits per heavy atom. The van der Waals surface area contributed by atoms with Crippen LogP contribution in [-0.2, 0) is 16.0 Å². The molecule has 3 heterocycles. The molecule has 1 fully saturated rings. The first-order valence-corrected chi connectivity index (χ1v) is 9.02. The molecule has 1 saturated heterocycles. The van der Waals surface area contributed by atoms with Gasteiger partial charge in [0.15, 0.2) is 17.3 Å². The van der Waals surface area contributed by atoms with Gasteiger partial charge in [-0.15, -0.1) is 0 Å². The van der Waals surface area contributed by atoms with Crippen molar-refractivity contribution in [2.45, 2.75) is 32.2 Å². The number of aromatic nitrogens is 1. The fraction of sp³-hybridized carbons (Fsp3) is 0.421. The van der Waals surface area contributed by atoms with Gasteiger partial charge in [0.05, 0.1) is 6.42 Å². The van der Waals surface area contributed by atoms with Crippen LogP contribution in [0, 0.1) is 6.92 Å². The maximum Gasteiger partial charge on any atom is 0.248 e. The normalized spacial score (nSPS) is 18.4. The number of ether oxygens (including phenoxy) is 2. The SMILES string of the molecule is Cc1cc(NC(=O)C2CCCN2C(=O)Cc2ccc3c(c2)OCCO3)no1. The topological polar surface area (TPSA) is 93.9 Å². The molecule has 0 saturated carbocycles. The number of amides is 2. The molecule has 0 spiro atoms. The van der Waals surface area contributed by atoms with Crippen molar-refractivity contribution in [3.05, 3.63) is 35.6 Å². The molecule has 142 valence electrons. The van der Waals surface area contributed by atoms with Gasteiger partial charge in [0.25, 0.3) is 0 Å². The minimum Gasteiger partial charge on any atom is -0.486 e. The molecular weight excluding hydrogens is 350 g/mol. The minimum absolute atomic E-state index is 0.0827. The number of benzene rings is 1. The lowest BCUT2D eigenvalue weighted by atomic mass is 10.1. The third-order valence-corrected chi connectivity index (χ3v) is 4.72. The van der Waals surface area contributed by atoms with Gasteiger partial charge in [-0.05, 0) is 37.5 Å². The van der Waals surface area contributed by atoms with E-state index in [2.05, 4.69) is 10.5 Å². The van der Waals surface area contributed by atoms with Gasteiger partial charge in [-0.1, -0.05) is 11.2 Å². The Morgan fingerprint density at radius 3 is 2.81 bits per heavy atom. The molecule has 0 bridgehead atoms. The van der Waals surface area contributed by atoms with Gasteiger partial charge in [0, 0.05) is 12.6 Å². The summed E-state index contributed by atoms with van der Waals surface area (Å²) in [6, 6.07) is 6.66. The molecule has 1 aromatic carbocycles.